The molecule has 5 heavy (non-hydrogen) atoms. The molecule has 0 bridgehead atoms. The maximum Gasteiger partial charge on any atom is 0.00266 e. The van der Waals surface area contributed by atoms with Gasteiger partial charge in [-0.3, -0.25) is 0 Å². The summed E-state index contributed by atoms with van der Waals surface area (Å²) in [4.78, 5) is 0. The van der Waals surface area contributed by atoms with Crippen LogP contribution in [-0.4, -0.2) is 4.43 Å². The molecule has 0 amide bonds. The molecule has 0 nitrogen and oxygen atoms in total. The summed E-state index contributed by atoms with van der Waals surface area (Å²) in [6, 6.07) is 0. The molecule has 30 valence electrons. The summed E-state index contributed by atoms with van der Waals surface area (Å²) < 4.78 is 1.13. The lowest BCUT2D eigenvalue weighted by atomic mass is 10.4. The van der Waals surface area contributed by atoms with E-state index in [4.69, 9.17) is 0 Å². The van der Waals surface area contributed by atoms with Crippen LogP contribution in [0.3, 0.4) is 0 Å². The third-order valence-corrected chi connectivity index (χ3v) is 0.936. The molecule has 0 aliphatic carbocycles. The van der Waals surface area contributed by atoms with E-state index in [1.165, 1.54) is 0 Å². The molecule has 0 unspecified atom stereocenters. The zero-order chi connectivity index (χ0) is 4.12. The zero-order valence-electron chi connectivity index (χ0n) is 3.08. The standard InChI is InChI=1S/C4H7I/c1-2-3-4-5/h3H,1-2,4H2. The van der Waals surface area contributed by atoms with E-state index >= 15 is 0 Å². The maximum absolute atomic E-state index is 3.62. The van der Waals surface area contributed by atoms with Gasteiger partial charge in [0.2, 0.25) is 0 Å². The molecule has 0 N–H and O–H groups in total. The number of alkyl halides is 1. The molecule has 0 saturated heterocycles. The predicted octanol–water partition coefficient (Wildman–Crippen LogP) is 1.85. The third-order valence-electron chi connectivity index (χ3n) is 0.313. The molecule has 0 fully saturated rings. The lowest BCUT2D eigenvalue weighted by molar-refractivity contribution is 1.24. The predicted molar refractivity (Wildman–Crippen MR) is 33.2 cm³/mol. The second-order valence-electron chi connectivity index (χ2n) is 0.732. The molecule has 2 radical (unpaired) electrons. The fourth-order valence-corrected chi connectivity index (χ4v) is 0.518. The highest BCUT2D eigenvalue weighted by Crippen LogP contribution is 1.88. The zero-order valence-corrected chi connectivity index (χ0v) is 5.23. The Hall–Kier alpha value is 0.730. The SMILES string of the molecule is [CH2]C[CH]CI. The van der Waals surface area contributed by atoms with Crippen LogP contribution in [0.1, 0.15) is 6.42 Å². The Balaban J connectivity index is 2.19. The van der Waals surface area contributed by atoms with Gasteiger partial charge in [-0.1, -0.05) is 29.5 Å². The summed E-state index contributed by atoms with van der Waals surface area (Å²) in [7, 11) is 0. The van der Waals surface area contributed by atoms with Gasteiger partial charge in [0.25, 0.3) is 0 Å². The molecule has 0 aliphatic rings. The average molecular weight is 182 g/mol. The third kappa shape index (κ3) is 4.73. The Morgan fingerprint density at radius 1 is 1.80 bits per heavy atom. The van der Waals surface area contributed by atoms with Crippen molar-refractivity contribution in [2.45, 2.75) is 6.42 Å². The molecule has 0 aromatic rings. The normalized spacial score (nSPS) is 8.40. The molecule has 0 aromatic carbocycles. The highest BCUT2D eigenvalue weighted by atomic mass is 127. The number of unbranched alkanes of at least 4 members (excludes halogenated alkanes) is 1. The van der Waals surface area contributed by atoms with Crippen LogP contribution in [0.4, 0.5) is 0 Å². The van der Waals surface area contributed by atoms with Gasteiger partial charge in [-0.15, -0.1) is 0 Å². The molecular formula is C4H7I. The summed E-state index contributed by atoms with van der Waals surface area (Å²) in [5.74, 6) is 0. The minimum absolute atomic E-state index is 0.961. The summed E-state index contributed by atoms with van der Waals surface area (Å²) in [6.45, 7) is 3.62. The maximum atomic E-state index is 3.62. The van der Waals surface area contributed by atoms with E-state index < -0.39 is 0 Å². The van der Waals surface area contributed by atoms with Crippen LogP contribution in [0.5, 0.6) is 0 Å². The van der Waals surface area contributed by atoms with Crippen LogP contribution < -0.4 is 0 Å². The topological polar surface area (TPSA) is 0 Å². The summed E-state index contributed by atoms with van der Waals surface area (Å²) in [6.07, 6.45) is 3.09. The Kier molecular flexibility index (Phi) is 5.42. The first-order chi connectivity index (χ1) is 2.41. The number of hydrogen-bond acceptors (Lipinski definition) is 0. The van der Waals surface area contributed by atoms with Crippen LogP contribution >= 0.6 is 22.6 Å². The van der Waals surface area contributed by atoms with Crippen LogP contribution in [-0.2, 0) is 0 Å². The fraction of sp³-hybridized carbons (Fsp3) is 0.500. The molecule has 0 aromatic heterocycles. The van der Waals surface area contributed by atoms with Crippen molar-refractivity contribution < 1.29 is 0 Å². The van der Waals surface area contributed by atoms with E-state index in [1.54, 1.807) is 0 Å². The van der Waals surface area contributed by atoms with Gasteiger partial charge in [-0.25, -0.2) is 0 Å². The Bertz CT molecular complexity index is 11.1. The Morgan fingerprint density at radius 3 is 2.40 bits per heavy atom. The average Bonchev–Trinajstić information content (AvgIpc) is 1.41. The van der Waals surface area contributed by atoms with Gasteiger partial charge < -0.3 is 0 Å². The number of rotatable bonds is 2. The summed E-state index contributed by atoms with van der Waals surface area (Å²) >= 11 is 2.29. The fourth-order valence-electron chi connectivity index (χ4n) is 0.0772. The molecule has 0 aliphatic heterocycles. The summed E-state index contributed by atoms with van der Waals surface area (Å²) in [5, 5.41) is 0. The number of halogens is 1. The van der Waals surface area contributed by atoms with Crippen molar-refractivity contribution in [1.29, 1.82) is 0 Å². The minimum atomic E-state index is 0.961. The van der Waals surface area contributed by atoms with Crippen molar-refractivity contribution in [2.24, 2.45) is 0 Å². The number of hydrogen-bond donors (Lipinski definition) is 0. The van der Waals surface area contributed by atoms with Crippen molar-refractivity contribution in [3.05, 3.63) is 13.3 Å². The van der Waals surface area contributed by atoms with E-state index in [9.17, 15) is 0 Å². The molecule has 1 heteroatoms. The lowest BCUT2D eigenvalue weighted by Gasteiger charge is -1.76. The first-order valence-electron chi connectivity index (χ1n) is 1.58. The van der Waals surface area contributed by atoms with Gasteiger partial charge in [-0.2, -0.15) is 0 Å². The second-order valence-corrected chi connectivity index (χ2v) is 1.61. The van der Waals surface area contributed by atoms with Gasteiger partial charge >= 0.3 is 0 Å². The van der Waals surface area contributed by atoms with Crippen molar-refractivity contribution >= 4 is 22.6 Å². The molecule has 0 atom stereocenters. The highest BCUT2D eigenvalue weighted by Gasteiger charge is 1.70. The first kappa shape index (κ1) is 5.73. The van der Waals surface area contributed by atoms with E-state index in [-0.39, 0.29) is 0 Å². The first-order valence-corrected chi connectivity index (χ1v) is 3.11. The van der Waals surface area contributed by atoms with E-state index in [2.05, 4.69) is 35.9 Å². The molecular weight excluding hydrogens is 175 g/mol. The molecule has 0 saturated carbocycles. The van der Waals surface area contributed by atoms with Crippen LogP contribution in [0, 0.1) is 13.3 Å². The van der Waals surface area contributed by atoms with Gasteiger partial charge in [0.1, 0.15) is 0 Å². The van der Waals surface area contributed by atoms with Crippen molar-refractivity contribution in [3.63, 3.8) is 0 Å². The second kappa shape index (κ2) is 4.73. The quantitative estimate of drug-likeness (QED) is 0.451. The van der Waals surface area contributed by atoms with Gasteiger partial charge in [0.15, 0.2) is 0 Å². The van der Waals surface area contributed by atoms with Crippen LogP contribution in [0.2, 0.25) is 0 Å². The van der Waals surface area contributed by atoms with E-state index in [0.717, 1.165) is 10.8 Å². The minimum Gasteiger partial charge on any atom is -0.0861 e. The van der Waals surface area contributed by atoms with E-state index in [0.29, 0.717) is 0 Å². The largest absolute Gasteiger partial charge is 0.0861 e. The van der Waals surface area contributed by atoms with Gasteiger partial charge in [-0.05, 0) is 12.8 Å². The Labute approximate surface area is 47.1 Å². The van der Waals surface area contributed by atoms with Gasteiger partial charge in [0.05, 0.1) is 0 Å². The highest BCUT2D eigenvalue weighted by molar-refractivity contribution is 14.1. The van der Waals surface area contributed by atoms with Crippen LogP contribution in [0.25, 0.3) is 0 Å². The molecule has 0 rings (SSSR count). The van der Waals surface area contributed by atoms with Crippen LogP contribution in [0.15, 0.2) is 0 Å². The Morgan fingerprint density at radius 2 is 2.40 bits per heavy atom. The van der Waals surface area contributed by atoms with Crippen molar-refractivity contribution in [3.8, 4) is 0 Å². The van der Waals surface area contributed by atoms with Crippen molar-refractivity contribution in [2.75, 3.05) is 4.43 Å². The smallest absolute Gasteiger partial charge is 0.00266 e. The molecule has 0 spiro atoms. The van der Waals surface area contributed by atoms with E-state index in [1.807, 2.05) is 0 Å². The van der Waals surface area contributed by atoms with Crippen molar-refractivity contribution in [1.82, 2.24) is 0 Å². The monoisotopic (exact) mass is 182 g/mol. The van der Waals surface area contributed by atoms with Gasteiger partial charge in [0, 0.05) is 4.43 Å². The lowest BCUT2D eigenvalue weighted by Crippen LogP contribution is -1.66. The molecule has 0 heterocycles. The summed E-state index contributed by atoms with van der Waals surface area (Å²) in [5.41, 5.74) is 0.